The highest BCUT2D eigenvalue weighted by Crippen LogP contribution is 2.19. The van der Waals surface area contributed by atoms with Gasteiger partial charge in [0.1, 0.15) is 0 Å². The molecule has 21 heavy (non-hydrogen) atoms. The molecule has 0 aromatic carbocycles. The number of amides is 2. The average Bonchev–Trinajstić information content (AvgIpc) is 2.94. The third-order valence-corrected chi connectivity index (χ3v) is 4.72. The van der Waals surface area contributed by atoms with Crippen molar-refractivity contribution >= 4 is 23.2 Å². The highest BCUT2D eigenvalue weighted by atomic mass is 32.1. The second-order valence-electron chi connectivity index (χ2n) is 5.71. The summed E-state index contributed by atoms with van der Waals surface area (Å²) in [6.07, 6.45) is 1.22. The van der Waals surface area contributed by atoms with E-state index >= 15 is 0 Å². The van der Waals surface area contributed by atoms with E-state index < -0.39 is 0 Å². The first-order valence-electron chi connectivity index (χ1n) is 7.45. The average molecular weight is 309 g/mol. The zero-order valence-corrected chi connectivity index (χ0v) is 13.8. The van der Waals surface area contributed by atoms with E-state index in [1.165, 1.54) is 0 Å². The van der Waals surface area contributed by atoms with Crippen LogP contribution in [0, 0.1) is 0 Å². The van der Waals surface area contributed by atoms with Crippen LogP contribution in [-0.2, 0) is 16.0 Å². The van der Waals surface area contributed by atoms with Crippen molar-refractivity contribution in [3.8, 4) is 0 Å². The molecular weight excluding hydrogens is 286 g/mol. The summed E-state index contributed by atoms with van der Waals surface area (Å²) in [7, 11) is 0. The number of aryl methyl sites for hydroxylation is 1. The van der Waals surface area contributed by atoms with Gasteiger partial charge in [0.25, 0.3) is 0 Å². The van der Waals surface area contributed by atoms with Gasteiger partial charge in [0.15, 0.2) is 0 Å². The van der Waals surface area contributed by atoms with Crippen molar-refractivity contribution in [2.75, 3.05) is 26.2 Å². The lowest BCUT2D eigenvalue weighted by Gasteiger charge is -2.34. The second-order valence-corrected chi connectivity index (χ2v) is 6.65. The van der Waals surface area contributed by atoms with Crippen molar-refractivity contribution in [2.45, 2.75) is 39.5 Å². The van der Waals surface area contributed by atoms with Crippen LogP contribution >= 0.6 is 11.3 Å². The van der Waals surface area contributed by atoms with Gasteiger partial charge in [-0.2, -0.15) is 0 Å². The Labute approximate surface area is 130 Å². The van der Waals surface area contributed by atoms with Crippen LogP contribution in [0.2, 0.25) is 0 Å². The molecule has 0 radical (unpaired) electrons. The lowest BCUT2D eigenvalue weighted by molar-refractivity contribution is -0.138. The normalized spacial score (nSPS) is 15.6. The van der Waals surface area contributed by atoms with Crippen LogP contribution in [0.1, 0.15) is 43.8 Å². The molecule has 5 nitrogen and oxygen atoms in total. The van der Waals surface area contributed by atoms with Crippen LogP contribution < -0.4 is 0 Å². The molecule has 1 aliphatic rings. The molecule has 2 amide bonds. The molecule has 0 bridgehead atoms. The third kappa shape index (κ3) is 4.27. The fraction of sp³-hybridized carbons (Fsp3) is 0.667. The number of carbonyl (C=O) groups excluding carboxylic acids is 2. The molecule has 2 rings (SSSR count). The molecule has 0 atom stereocenters. The first-order valence-corrected chi connectivity index (χ1v) is 8.33. The van der Waals surface area contributed by atoms with Gasteiger partial charge in [-0.15, -0.1) is 11.3 Å². The summed E-state index contributed by atoms with van der Waals surface area (Å²) in [6.45, 7) is 8.41. The van der Waals surface area contributed by atoms with Crippen LogP contribution in [0.4, 0.5) is 0 Å². The Hall–Kier alpha value is -1.43. The molecule has 1 fully saturated rings. The molecule has 0 saturated carbocycles. The van der Waals surface area contributed by atoms with E-state index in [9.17, 15) is 9.59 Å². The van der Waals surface area contributed by atoms with E-state index in [0.717, 1.165) is 10.7 Å². The van der Waals surface area contributed by atoms with Gasteiger partial charge in [0.2, 0.25) is 11.8 Å². The number of piperazine rings is 1. The number of carbonyl (C=O) groups is 2. The van der Waals surface area contributed by atoms with E-state index in [2.05, 4.69) is 24.2 Å². The van der Waals surface area contributed by atoms with Gasteiger partial charge in [-0.3, -0.25) is 9.59 Å². The summed E-state index contributed by atoms with van der Waals surface area (Å²) >= 11 is 1.64. The second kappa shape index (κ2) is 7.02. The number of nitrogens with zero attached hydrogens (tertiary/aromatic N) is 3. The zero-order valence-electron chi connectivity index (χ0n) is 13.0. The maximum atomic E-state index is 12.2. The molecule has 0 unspecified atom stereocenters. The molecule has 0 spiro atoms. The summed E-state index contributed by atoms with van der Waals surface area (Å²) in [4.78, 5) is 31.7. The minimum Gasteiger partial charge on any atom is -0.339 e. The van der Waals surface area contributed by atoms with Crippen molar-refractivity contribution in [3.05, 3.63) is 16.1 Å². The van der Waals surface area contributed by atoms with Crippen molar-refractivity contribution in [3.63, 3.8) is 0 Å². The largest absolute Gasteiger partial charge is 0.339 e. The van der Waals surface area contributed by atoms with Gasteiger partial charge >= 0.3 is 0 Å². The van der Waals surface area contributed by atoms with Crippen molar-refractivity contribution in [1.29, 1.82) is 0 Å². The highest BCUT2D eigenvalue weighted by Gasteiger charge is 2.22. The first-order chi connectivity index (χ1) is 9.97. The molecule has 1 aromatic heterocycles. The smallest absolute Gasteiger partial charge is 0.223 e. The Bertz CT molecular complexity index is 505. The maximum Gasteiger partial charge on any atom is 0.223 e. The number of aromatic nitrogens is 1. The van der Waals surface area contributed by atoms with Crippen LogP contribution in [0.25, 0.3) is 0 Å². The predicted molar refractivity (Wildman–Crippen MR) is 83.4 cm³/mol. The third-order valence-electron chi connectivity index (χ3n) is 3.79. The minimum absolute atomic E-state index is 0.0890. The Morgan fingerprint density at radius 3 is 2.38 bits per heavy atom. The number of hydrogen-bond donors (Lipinski definition) is 0. The van der Waals surface area contributed by atoms with E-state index in [4.69, 9.17) is 0 Å². The van der Waals surface area contributed by atoms with Gasteiger partial charge < -0.3 is 9.80 Å². The summed E-state index contributed by atoms with van der Waals surface area (Å²) in [5.41, 5.74) is 1.11. The van der Waals surface area contributed by atoms with Crippen molar-refractivity contribution in [2.24, 2.45) is 0 Å². The maximum absolute atomic E-state index is 12.2. The lowest BCUT2D eigenvalue weighted by Crippen LogP contribution is -2.50. The SMILES string of the molecule is CC(=O)N1CCN(C(=O)CCc2nc(C(C)C)cs2)CC1. The summed E-state index contributed by atoms with van der Waals surface area (Å²) in [5, 5.41) is 3.12. The molecular formula is C15H23N3O2S. The summed E-state index contributed by atoms with van der Waals surface area (Å²) in [5.74, 6) is 0.691. The Morgan fingerprint density at radius 1 is 1.24 bits per heavy atom. The van der Waals surface area contributed by atoms with E-state index in [1.807, 2.05) is 4.90 Å². The van der Waals surface area contributed by atoms with Gasteiger partial charge in [-0.1, -0.05) is 13.8 Å². The highest BCUT2D eigenvalue weighted by molar-refractivity contribution is 7.09. The van der Waals surface area contributed by atoms with Crippen LogP contribution in [0.15, 0.2) is 5.38 Å². The molecule has 1 saturated heterocycles. The van der Waals surface area contributed by atoms with Gasteiger partial charge in [-0.25, -0.2) is 4.98 Å². The molecule has 2 heterocycles. The van der Waals surface area contributed by atoms with E-state index in [-0.39, 0.29) is 11.8 Å². The molecule has 6 heteroatoms. The Balaban J connectivity index is 1.78. The van der Waals surface area contributed by atoms with Crippen molar-refractivity contribution < 1.29 is 9.59 Å². The first kappa shape index (κ1) is 15.9. The standard InChI is InChI=1S/C15H23N3O2S/c1-11(2)13-10-21-14(16-13)4-5-15(20)18-8-6-17(7-9-18)12(3)19/h10-11H,4-9H2,1-3H3. The van der Waals surface area contributed by atoms with Gasteiger partial charge in [-0.05, 0) is 5.92 Å². The Kier molecular flexibility index (Phi) is 5.33. The Morgan fingerprint density at radius 2 is 1.86 bits per heavy atom. The van der Waals surface area contributed by atoms with E-state index in [0.29, 0.717) is 44.9 Å². The molecule has 0 N–H and O–H groups in total. The fourth-order valence-corrected chi connectivity index (χ4v) is 3.31. The number of rotatable bonds is 4. The van der Waals surface area contributed by atoms with Crippen LogP contribution in [-0.4, -0.2) is 52.8 Å². The molecule has 116 valence electrons. The summed E-state index contributed by atoms with van der Waals surface area (Å²) < 4.78 is 0. The van der Waals surface area contributed by atoms with Crippen LogP contribution in [0.5, 0.6) is 0 Å². The number of hydrogen-bond acceptors (Lipinski definition) is 4. The summed E-state index contributed by atoms with van der Waals surface area (Å²) in [6, 6.07) is 0. The fourth-order valence-electron chi connectivity index (χ4n) is 2.35. The van der Waals surface area contributed by atoms with Gasteiger partial charge in [0, 0.05) is 51.3 Å². The predicted octanol–water partition coefficient (Wildman–Crippen LogP) is 1.89. The minimum atomic E-state index is 0.0890. The van der Waals surface area contributed by atoms with Gasteiger partial charge in [0.05, 0.1) is 10.7 Å². The molecule has 1 aromatic rings. The monoisotopic (exact) mass is 309 g/mol. The zero-order chi connectivity index (χ0) is 15.4. The molecule has 0 aliphatic carbocycles. The number of thiazole rings is 1. The lowest BCUT2D eigenvalue weighted by atomic mass is 10.2. The topological polar surface area (TPSA) is 53.5 Å². The van der Waals surface area contributed by atoms with Crippen LogP contribution in [0.3, 0.4) is 0 Å². The quantitative estimate of drug-likeness (QED) is 0.853. The van der Waals surface area contributed by atoms with Crippen molar-refractivity contribution in [1.82, 2.24) is 14.8 Å². The molecule has 1 aliphatic heterocycles. The van der Waals surface area contributed by atoms with E-state index in [1.54, 1.807) is 23.2 Å².